The normalized spacial score (nSPS) is 10.5. The van der Waals surface area contributed by atoms with E-state index in [0.29, 0.717) is 10.8 Å². The number of halogens is 2. The van der Waals surface area contributed by atoms with E-state index in [4.69, 9.17) is 11.6 Å². The van der Waals surface area contributed by atoms with Crippen molar-refractivity contribution < 1.29 is 9.18 Å². The highest BCUT2D eigenvalue weighted by molar-refractivity contribution is 6.30. The summed E-state index contributed by atoms with van der Waals surface area (Å²) in [6.45, 7) is 0.257. The molecule has 1 amide bonds. The zero-order valence-corrected chi connectivity index (χ0v) is 14.4. The van der Waals surface area contributed by atoms with Gasteiger partial charge in [-0.1, -0.05) is 23.7 Å². The predicted molar refractivity (Wildman–Crippen MR) is 97.3 cm³/mol. The summed E-state index contributed by atoms with van der Waals surface area (Å²) in [4.78, 5) is 31.1. The first-order valence-electron chi connectivity index (χ1n) is 7.86. The molecule has 0 unspecified atom stereocenters. The van der Waals surface area contributed by atoms with Gasteiger partial charge in [-0.3, -0.25) is 9.59 Å². The lowest BCUT2D eigenvalue weighted by Crippen LogP contribution is -2.27. The topological polar surface area (TPSA) is 74.8 Å². The van der Waals surface area contributed by atoms with Crippen LogP contribution in [0.3, 0.4) is 0 Å². The van der Waals surface area contributed by atoms with E-state index in [-0.39, 0.29) is 35.8 Å². The van der Waals surface area contributed by atoms with Gasteiger partial charge in [0.25, 0.3) is 5.56 Å². The molecular weight excluding hydrogens is 357 g/mol. The Labute approximate surface area is 153 Å². The Morgan fingerprint density at radius 3 is 2.46 bits per heavy atom. The highest BCUT2D eigenvalue weighted by Crippen LogP contribution is 2.16. The van der Waals surface area contributed by atoms with Crippen molar-refractivity contribution in [3.63, 3.8) is 0 Å². The van der Waals surface area contributed by atoms with Crippen LogP contribution in [-0.2, 0) is 17.8 Å². The molecule has 5 nitrogen and oxygen atoms in total. The lowest BCUT2D eigenvalue weighted by molar-refractivity contribution is -0.120. The Balaban J connectivity index is 1.64. The molecule has 0 radical (unpaired) electrons. The maximum absolute atomic E-state index is 12.9. The summed E-state index contributed by atoms with van der Waals surface area (Å²) in [6.07, 6.45) is 1.30. The SMILES string of the molecule is O=C(Cc1cnc(-c2ccc(Cl)cc2)[nH]c1=O)NCc1ccc(F)cc1. The molecule has 0 aliphatic rings. The summed E-state index contributed by atoms with van der Waals surface area (Å²) in [6, 6.07) is 12.7. The molecule has 0 bridgehead atoms. The first-order chi connectivity index (χ1) is 12.5. The molecular formula is C19H15ClFN3O2. The molecule has 1 heterocycles. The molecule has 3 rings (SSSR count). The number of carbonyl (C=O) groups is 1. The zero-order chi connectivity index (χ0) is 18.5. The maximum Gasteiger partial charge on any atom is 0.254 e. The van der Waals surface area contributed by atoms with Gasteiger partial charge in [0.15, 0.2) is 0 Å². The third kappa shape index (κ3) is 4.55. The number of hydrogen-bond acceptors (Lipinski definition) is 3. The highest BCUT2D eigenvalue weighted by Gasteiger charge is 2.09. The molecule has 0 aliphatic carbocycles. The van der Waals surface area contributed by atoms with Gasteiger partial charge in [-0.15, -0.1) is 0 Å². The van der Waals surface area contributed by atoms with Crippen molar-refractivity contribution in [2.45, 2.75) is 13.0 Å². The highest BCUT2D eigenvalue weighted by atomic mass is 35.5. The first-order valence-corrected chi connectivity index (χ1v) is 8.24. The van der Waals surface area contributed by atoms with Crippen molar-refractivity contribution in [1.82, 2.24) is 15.3 Å². The number of nitrogens with zero attached hydrogens (tertiary/aromatic N) is 1. The fourth-order valence-electron chi connectivity index (χ4n) is 2.34. The Bertz CT molecular complexity index is 969. The first kappa shape index (κ1) is 17.8. The monoisotopic (exact) mass is 371 g/mol. The third-order valence-corrected chi connectivity index (χ3v) is 4.00. The van der Waals surface area contributed by atoms with E-state index >= 15 is 0 Å². The minimum atomic E-state index is -0.373. The van der Waals surface area contributed by atoms with Crippen molar-refractivity contribution in [2.24, 2.45) is 0 Å². The van der Waals surface area contributed by atoms with Crippen LogP contribution >= 0.6 is 11.6 Å². The molecule has 0 spiro atoms. The van der Waals surface area contributed by atoms with E-state index < -0.39 is 0 Å². The zero-order valence-electron chi connectivity index (χ0n) is 13.6. The number of aromatic amines is 1. The molecule has 3 aromatic rings. The van der Waals surface area contributed by atoms with Crippen LogP contribution in [0.15, 0.2) is 59.5 Å². The summed E-state index contributed by atoms with van der Waals surface area (Å²) < 4.78 is 12.9. The van der Waals surface area contributed by atoms with Gasteiger partial charge in [0, 0.05) is 28.9 Å². The summed E-state index contributed by atoms with van der Waals surface area (Å²) in [5, 5.41) is 3.28. The molecule has 26 heavy (non-hydrogen) atoms. The number of amides is 1. The van der Waals surface area contributed by atoms with Gasteiger partial charge in [-0.05, 0) is 42.0 Å². The average Bonchev–Trinajstić information content (AvgIpc) is 2.63. The van der Waals surface area contributed by atoms with E-state index in [0.717, 1.165) is 11.1 Å². The van der Waals surface area contributed by atoms with Crippen molar-refractivity contribution in [1.29, 1.82) is 0 Å². The van der Waals surface area contributed by atoms with Gasteiger partial charge in [-0.25, -0.2) is 9.37 Å². The van der Waals surface area contributed by atoms with Crippen LogP contribution in [0.4, 0.5) is 4.39 Å². The number of nitrogens with one attached hydrogen (secondary N) is 2. The summed E-state index contributed by atoms with van der Waals surface area (Å²) in [5.41, 5.74) is 1.38. The van der Waals surface area contributed by atoms with Gasteiger partial charge in [0.2, 0.25) is 5.91 Å². The molecule has 2 aromatic carbocycles. The average molecular weight is 372 g/mol. The molecule has 0 saturated carbocycles. The van der Waals surface area contributed by atoms with Gasteiger partial charge >= 0.3 is 0 Å². The lowest BCUT2D eigenvalue weighted by atomic mass is 10.2. The van der Waals surface area contributed by atoms with E-state index in [1.807, 2.05) is 0 Å². The van der Waals surface area contributed by atoms with Crippen molar-refractivity contribution >= 4 is 17.5 Å². The Hall–Kier alpha value is -2.99. The van der Waals surface area contributed by atoms with Crippen LogP contribution in [0.5, 0.6) is 0 Å². The second-order valence-electron chi connectivity index (χ2n) is 5.67. The van der Waals surface area contributed by atoms with Gasteiger partial charge in [0.05, 0.1) is 6.42 Å². The maximum atomic E-state index is 12.9. The van der Waals surface area contributed by atoms with Crippen LogP contribution in [0.1, 0.15) is 11.1 Å². The number of carbonyl (C=O) groups excluding carboxylic acids is 1. The molecule has 0 fully saturated rings. The molecule has 132 valence electrons. The van der Waals surface area contributed by atoms with Gasteiger partial charge in [0.1, 0.15) is 11.6 Å². The summed E-state index contributed by atoms with van der Waals surface area (Å²) in [7, 11) is 0. The molecule has 1 aromatic heterocycles. The van der Waals surface area contributed by atoms with Crippen molar-refractivity contribution in [2.75, 3.05) is 0 Å². The van der Waals surface area contributed by atoms with E-state index in [1.54, 1.807) is 36.4 Å². The molecule has 0 atom stereocenters. The fourth-order valence-corrected chi connectivity index (χ4v) is 2.47. The predicted octanol–water partition coefficient (Wildman–Crippen LogP) is 3.09. The molecule has 0 aliphatic heterocycles. The lowest BCUT2D eigenvalue weighted by Gasteiger charge is -2.06. The molecule has 2 N–H and O–H groups in total. The number of rotatable bonds is 5. The summed E-state index contributed by atoms with van der Waals surface area (Å²) >= 11 is 5.84. The standard InChI is InChI=1S/C19H15ClFN3O2/c20-15-5-3-13(4-6-15)18-23-11-14(19(26)24-18)9-17(25)22-10-12-1-7-16(21)8-2-12/h1-8,11H,9-10H2,(H,22,25)(H,23,24,26). The largest absolute Gasteiger partial charge is 0.352 e. The van der Waals surface area contributed by atoms with E-state index in [9.17, 15) is 14.0 Å². The van der Waals surface area contributed by atoms with Gasteiger partial charge < -0.3 is 10.3 Å². The van der Waals surface area contributed by atoms with Crippen LogP contribution in [-0.4, -0.2) is 15.9 Å². The molecule has 7 heteroatoms. The Morgan fingerprint density at radius 1 is 1.12 bits per heavy atom. The Kier molecular flexibility index (Phi) is 5.43. The molecule has 0 saturated heterocycles. The van der Waals surface area contributed by atoms with Crippen LogP contribution in [0.25, 0.3) is 11.4 Å². The number of hydrogen-bond donors (Lipinski definition) is 2. The van der Waals surface area contributed by atoms with Crippen LogP contribution < -0.4 is 10.9 Å². The van der Waals surface area contributed by atoms with E-state index in [2.05, 4.69) is 15.3 Å². The summed E-state index contributed by atoms with van der Waals surface area (Å²) in [5.74, 6) is -0.249. The van der Waals surface area contributed by atoms with Crippen LogP contribution in [0, 0.1) is 5.82 Å². The fraction of sp³-hybridized carbons (Fsp3) is 0.105. The minimum absolute atomic E-state index is 0.0928. The number of benzene rings is 2. The third-order valence-electron chi connectivity index (χ3n) is 3.74. The number of H-pyrrole nitrogens is 1. The quantitative estimate of drug-likeness (QED) is 0.723. The Morgan fingerprint density at radius 2 is 1.81 bits per heavy atom. The second kappa shape index (κ2) is 7.93. The number of aromatic nitrogens is 2. The van der Waals surface area contributed by atoms with E-state index in [1.165, 1.54) is 18.3 Å². The smallest absolute Gasteiger partial charge is 0.254 e. The van der Waals surface area contributed by atoms with Gasteiger partial charge in [-0.2, -0.15) is 0 Å². The van der Waals surface area contributed by atoms with Crippen LogP contribution in [0.2, 0.25) is 5.02 Å². The van der Waals surface area contributed by atoms with Crippen molar-refractivity contribution in [3.8, 4) is 11.4 Å². The second-order valence-corrected chi connectivity index (χ2v) is 6.11. The minimum Gasteiger partial charge on any atom is -0.352 e. The van der Waals surface area contributed by atoms with Crippen molar-refractivity contribution in [3.05, 3.63) is 87.0 Å².